The van der Waals surface area contributed by atoms with Gasteiger partial charge in [-0.05, 0) is 48.2 Å². The maximum Gasteiger partial charge on any atom is 0.234 e. The van der Waals surface area contributed by atoms with Crippen LogP contribution in [-0.2, 0) is 9.59 Å². The number of benzene rings is 1. The molecule has 0 bridgehead atoms. The first-order chi connectivity index (χ1) is 14.4. The number of rotatable bonds is 6. The zero-order valence-electron chi connectivity index (χ0n) is 17.0. The lowest BCUT2D eigenvalue weighted by molar-refractivity contribution is -0.116. The quantitative estimate of drug-likeness (QED) is 0.455. The molecule has 3 rings (SSSR count). The molecule has 154 valence electrons. The van der Waals surface area contributed by atoms with E-state index < -0.39 is 0 Å². The van der Waals surface area contributed by atoms with Crippen molar-refractivity contribution in [2.75, 3.05) is 25.2 Å². The summed E-state index contributed by atoms with van der Waals surface area (Å²) in [5.74, 6) is 0.0755. The highest BCUT2D eigenvalue weighted by Crippen LogP contribution is 2.28. The topological polar surface area (TPSA) is 86.1 Å². The van der Waals surface area contributed by atoms with E-state index in [1.807, 2.05) is 54.8 Å². The second-order valence-corrected chi connectivity index (χ2v) is 8.33. The number of carbonyl (C=O) groups is 2. The van der Waals surface area contributed by atoms with Crippen LogP contribution in [-0.4, -0.2) is 42.0 Å². The van der Waals surface area contributed by atoms with Crippen molar-refractivity contribution in [1.82, 2.24) is 9.88 Å². The van der Waals surface area contributed by atoms with Crippen molar-refractivity contribution in [3.05, 3.63) is 65.0 Å². The van der Waals surface area contributed by atoms with E-state index in [1.54, 1.807) is 31.5 Å². The van der Waals surface area contributed by atoms with Gasteiger partial charge in [-0.3, -0.25) is 9.59 Å². The van der Waals surface area contributed by atoms with Gasteiger partial charge in [-0.2, -0.15) is 5.26 Å². The summed E-state index contributed by atoms with van der Waals surface area (Å²) in [6.07, 6.45) is 0.750. The van der Waals surface area contributed by atoms with Crippen molar-refractivity contribution in [1.29, 1.82) is 5.26 Å². The number of anilines is 1. The number of nitriles is 1. The lowest BCUT2D eigenvalue weighted by Crippen LogP contribution is -2.14. The summed E-state index contributed by atoms with van der Waals surface area (Å²) < 4.78 is 0. The third-order valence-electron chi connectivity index (χ3n) is 3.61. The van der Waals surface area contributed by atoms with Crippen LogP contribution in [0.1, 0.15) is 11.1 Å². The van der Waals surface area contributed by atoms with E-state index in [-0.39, 0.29) is 11.7 Å². The molecule has 0 unspecified atom stereocenters. The normalized spacial score (nSPS) is 9.67. The standard InChI is InChI=1S/C19H15N3OS2.C3H7NO/c1-13-4-2-5-15(10-13)21-18(23)12-25-19-14(11-20)7-8-16(22-19)17-6-3-9-24-17;1-4(2)3-5/h2-10H,12H2,1H3,(H,21,23);3H,1-2H3. The zero-order valence-corrected chi connectivity index (χ0v) is 18.6. The summed E-state index contributed by atoms with van der Waals surface area (Å²) in [5, 5.41) is 14.7. The Bertz CT molecular complexity index is 1030. The Morgan fingerprint density at radius 3 is 2.63 bits per heavy atom. The minimum atomic E-state index is -0.122. The highest BCUT2D eigenvalue weighted by atomic mass is 32.2. The van der Waals surface area contributed by atoms with Crippen LogP contribution in [0.4, 0.5) is 5.69 Å². The van der Waals surface area contributed by atoms with Crippen LogP contribution >= 0.6 is 23.1 Å². The number of amides is 2. The van der Waals surface area contributed by atoms with Gasteiger partial charge >= 0.3 is 0 Å². The molecule has 3 aromatic rings. The first-order valence-electron chi connectivity index (χ1n) is 8.99. The first kappa shape index (κ1) is 23.1. The number of pyridine rings is 1. The fourth-order valence-electron chi connectivity index (χ4n) is 2.25. The SMILES string of the molecule is CN(C)C=O.Cc1cccc(NC(=O)CSc2nc(-c3cccs3)ccc2C#N)c1. The van der Waals surface area contributed by atoms with Gasteiger partial charge in [-0.15, -0.1) is 11.3 Å². The average Bonchev–Trinajstić information content (AvgIpc) is 3.27. The molecule has 0 aliphatic carbocycles. The lowest BCUT2D eigenvalue weighted by Gasteiger charge is -2.07. The van der Waals surface area contributed by atoms with Gasteiger partial charge in [0, 0.05) is 19.8 Å². The van der Waals surface area contributed by atoms with Crippen LogP contribution < -0.4 is 5.32 Å². The number of aryl methyl sites for hydroxylation is 1. The van der Waals surface area contributed by atoms with Gasteiger partial charge in [-0.25, -0.2) is 4.98 Å². The number of aromatic nitrogens is 1. The Hall–Kier alpha value is -3.15. The molecule has 0 fully saturated rings. The molecule has 8 heteroatoms. The summed E-state index contributed by atoms with van der Waals surface area (Å²) in [6, 6.07) is 17.3. The van der Waals surface area contributed by atoms with Crippen molar-refractivity contribution in [3.8, 4) is 16.6 Å². The molecule has 6 nitrogen and oxygen atoms in total. The Kier molecular flexibility index (Phi) is 9.06. The minimum absolute atomic E-state index is 0.122. The third-order valence-corrected chi connectivity index (χ3v) is 5.49. The van der Waals surface area contributed by atoms with Crippen molar-refractivity contribution in [2.45, 2.75) is 11.9 Å². The molecule has 0 aliphatic heterocycles. The maximum atomic E-state index is 12.2. The average molecular weight is 439 g/mol. The highest BCUT2D eigenvalue weighted by molar-refractivity contribution is 8.00. The van der Waals surface area contributed by atoms with Crippen LogP contribution in [0.2, 0.25) is 0 Å². The first-order valence-corrected chi connectivity index (χ1v) is 10.9. The van der Waals surface area contributed by atoms with E-state index in [1.165, 1.54) is 16.7 Å². The number of nitrogens with zero attached hydrogens (tertiary/aromatic N) is 3. The van der Waals surface area contributed by atoms with Crippen molar-refractivity contribution in [2.24, 2.45) is 0 Å². The number of nitrogens with one attached hydrogen (secondary N) is 1. The van der Waals surface area contributed by atoms with Gasteiger partial charge in [0.1, 0.15) is 11.1 Å². The smallest absolute Gasteiger partial charge is 0.234 e. The van der Waals surface area contributed by atoms with Crippen LogP contribution in [0, 0.1) is 18.3 Å². The van der Waals surface area contributed by atoms with Crippen LogP contribution in [0.3, 0.4) is 0 Å². The molecular formula is C22H22N4O2S2. The third kappa shape index (κ3) is 7.35. The number of hydrogen-bond acceptors (Lipinski definition) is 6. The molecule has 0 radical (unpaired) electrons. The van der Waals surface area contributed by atoms with E-state index in [9.17, 15) is 14.9 Å². The molecule has 0 aliphatic rings. The van der Waals surface area contributed by atoms with E-state index in [2.05, 4.69) is 16.4 Å². The van der Waals surface area contributed by atoms with E-state index in [0.717, 1.165) is 28.2 Å². The molecule has 0 saturated heterocycles. The summed E-state index contributed by atoms with van der Waals surface area (Å²) >= 11 is 2.87. The Morgan fingerprint density at radius 2 is 2.03 bits per heavy atom. The van der Waals surface area contributed by atoms with E-state index >= 15 is 0 Å². The summed E-state index contributed by atoms with van der Waals surface area (Å²) in [5.41, 5.74) is 3.15. The zero-order chi connectivity index (χ0) is 21.9. The number of thioether (sulfide) groups is 1. The summed E-state index contributed by atoms with van der Waals surface area (Å²) in [7, 11) is 3.38. The van der Waals surface area contributed by atoms with Crippen LogP contribution in [0.25, 0.3) is 10.6 Å². The molecule has 0 spiro atoms. The van der Waals surface area contributed by atoms with Gasteiger partial charge in [-0.1, -0.05) is 30.0 Å². The molecule has 2 amide bonds. The van der Waals surface area contributed by atoms with Gasteiger partial charge in [0.2, 0.25) is 12.3 Å². The van der Waals surface area contributed by atoms with Crippen molar-refractivity contribution in [3.63, 3.8) is 0 Å². The number of thiophene rings is 1. The molecule has 2 heterocycles. The van der Waals surface area contributed by atoms with Crippen molar-refractivity contribution >= 4 is 41.1 Å². The highest BCUT2D eigenvalue weighted by Gasteiger charge is 2.11. The minimum Gasteiger partial charge on any atom is -0.351 e. The predicted octanol–water partition coefficient (Wildman–Crippen LogP) is 4.43. The van der Waals surface area contributed by atoms with E-state index in [0.29, 0.717) is 10.6 Å². The maximum absolute atomic E-state index is 12.2. The molecule has 30 heavy (non-hydrogen) atoms. The summed E-state index contributed by atoms with van der Waals surface area (Å²) in [4.78, 5) is 28.6. The second kappa shape index (κ2) is 11.8. The molecule has 1 N–H and O–H groups in total. The van der Waals surface area contributed by atoms with Crippen LogP contribution in [0.15, 0.2) is 58.9 Å². The van der Waals surface area contributed by atoms with Gasteiger partial charge in [0.25, 0.3) is 0 Å². The molecule has 2 aromatic heterocycles. The monoisotopic (exact) mass is 438 g/mol. The predicted molar refractivity (Wildman–Crippen MR) is 123 cm³/mol. The molecule has 0 saturated carbocycles. The fourth-order valence-corrected chi connectivity index (χ4v) is 3.72. The van der Waals surface area contributed by atoms with E-state index in [4.69, 9.17) is 0 Å². The number of carbonyl (C=O) groups excluding carboxylic acids is 2. The molecule has 0 atom stereocenters. The number of hydrogen-bond donors (Lipinski definition) is 1. The summed E-state index contributed by atoms with van der Waals surface area (Å²) in [6.45, 7) is 1.98. The molecular weight excluding hydrogens is 416 g/mol. The molecule has 1 aromatic carbocycles. The lowest BCUT2D eigenvalue weighted by atomic mass is 10.2. The van der Waals surface area contributed by atoms with Crippen molar-refractivity contribution < 1.29 is 9.59 Å². The Balaban J connectivity index is 0.000000575. The fraction of sp³-hybridized carbons (Fsp3) is 0.182. The largest absolute Gasteiger partial charge is 0.351 e. The van der Waals surface area contributed by atoms with Gasteiger partial charge < -0.3 is 10.2 Å². The Morgan fingerprint density at radius 1 is 1.27 bits per heavy atom. The van der Waals surface area contributed by atoms with Crippen LogP contribution in [0.5, 0.6) is 0 Å². The van der Waals surface area contributed by atoms with Gasteiger partial charge in [0.15, 0.2) is 0 Å². The Labute approximate surface area is 184 Å². The second-order valence-electron chi connectivity index (χ2n) is 6.41. The van der Waals surface area contributed by atoms with Gasteiger partial charge in [0.05, 0.1) is 21.9 Å².